The third-order valence-corrected chi connectivity index (χ3v) is 5.61. The Bertz CT molecular complexity index is 631. The van der Waals surface area contributed by atoms with Crippen LogP contribution in [0.3, 0.4) is 0 Å². The molecule has 2 bridgehead atoms. The molecule has 7 nitrogen and oxygen atoms in total. The molecule has 0 radical (unpaired) electrons. The second kappa shape index (κ2) is 9.18. The van der Waals surface area contributed by atoms with Crippen molar-refractivity contribution in [3.8, 4) is 0 Å². The topological polar surface area (TPSA) is 87.7 Å². The first-order chi connectivity index (χ1) is 13.1. The fourth-order valence-electron chi connectivity index (χ4n) is 4.09. The van der Waals surface area contributed by atoms with Crippen molar-refractivity contribution in [3.63, 3.8) is 0 Å². The summed E-state index contributed by atoms with van der Waals surface area (Å²) < 4.78 is 5.32. The van der Waals surface area contributed by atoms with Crippen LogP contribution in [0.1, 0.15) is 53.9 Å². The van der Waals surface area contributed by atoms with E-state index in [4.69, 9.17) is 4.74 Å². The van der Waals surface area contributed by atoms with Crippen molar-refractivity contribution in [1.29, 1.82) is 0 Å². The fraction of sp³-hybridized carbons (Fsp3) is 0.762. The fourth-order valence-corrected chi connectivity index (χ4v) is 4.09. The smallest absolute Gasteiger partial charge is 0.410 e. The van der Waals surface area contributed by atoms with Crippen LogP contribution < -0.4 is 10.6 Å². The molecule has 1 amide bonds. The normalized spacial score (nSPS) is 31.0. The Morgan fingerprint density at radius 3 is 2.57 bits per heavy atom. The van der Waals surface area contributed by atoms with Crippen LogP contribution in [0.5, 0.6) is 0 Å². The monoisotopic (exact) mass is 393 g/mol. The SMILES string of the molecule is CC(C)NC12CCN(C1)C(=O)OC/C=C/CCC(C)(C(=O)C(C)C)NCC2=O. The van der Waals surface area contributed by atoms with E-state index >= 15 is 0 Å². The third kappa shape index (κ3) is 5.20. The Morgan fingerprint density at radius 2 is 1.93 bits per heavy atom. The summed E-state index contributed by atoms with van der Waals surface area (Å²) in [7, 11) is 0. The maximum absolute atomic E-state index is 13.3. The van der Waals surface area contributed by atoms with Gasteiger partial charge in [0.25, 0.3) is 0 Å². The van der Waals surface area contributed by atoms with E-state index < -0.39 is 17.2 Å². The summed E-state index contributed by atoms with van der Waals surface area (Å²) >= 11 is 0. The van der Waals surface area contributed by atoms with Gasteiger partial charge >= 0.3 is 6.09 Å². The Hall–Kier alpha value is -1.73. The van der Waals surface area contributed by atoms with Crippen LogP contribution in [0.15, 0.2) is 12.2 Å². The molecule has 2 heterocycles. The number of Topliss-reactive ketones (excluding diaryl/α,β-unsaturated/α-hetero) is 2. The van der Waals surface area contributed by atoms with Gasteiger partial charge in [-0.1, -0.05) is 26.0 Å². The van der Waals surface area contributed by atoms with E-state index in [1.165, 1.54) is 0 Å². The molecule has 0 aliphatic carbocycles. The van der Waals surface area contributed by atoms with Crippen LogP contribution in [0, 0.1) is 5.92 Å². The first-order valence-electron chi connectivity index (χ1n) is 10.3. The molecule has 2 atom stereocenters. The highest BCUT2D eigenvalue weighted by atomic mass is 16.6. The molecule has 0 aromatic heterocycles. The highest BCUT2D eigenvalue weighted by Gasteiger charge is 2.47. The van der Waals surface area contributed by atoms with Gasteiger partial charge < -0.3 is 15.0 Å². The molecule has 1 saturated heterocycles. The molecule has 0 spiro atoms. The molecule has 0 saturated carbocycles. The molecule has 0 aromatic carbocycles. The Balaban J connectivity index is 2.30. The van der Waals surface area contributed by atoms with E-state index in [1.54, 1.807) is 4.90 Å². The minimum atomic E-state index is -0.818. The molecule has 2 N–H and O–H groups in total. The molecule has 2 aliphatic heterocycles. The van der Waals surface area contributed by atoms with Gasteiger partial charge in [-0.25, -0.2) is 4.79 Å². The third-order valence-electron chi connectivity index (χ3n) is 5.61. The van der Waals surface area contributed by atoms with E-state index in [9.17, 15) is 14.4 Å². The van der Waals surface area contributed by atoms with Crippen LogP contribution in [-0.4, -0.2) is 65.9 Å². The average molecular weight is 394 g/mol. The van der Waals surface area contributed by atoms with E-state index in [-0.39, 0.29) is 43.2 Å². The molecular weight excluding hydrogens is 358 g/mol. The van der Waals surface area contributed by atoms with Crippen molar-refractivity contribution >= 4 is 17.7 Å². The number of ketones is 2. The summed E-state index contributed by atoms with van der Waals surface area (Å²) in [5, 5.41) is 6.64. The lowest BCUT2D eigenvalue weighted by molar-refractivity contribution is -0.129. The zero-order valence-electron chi connectivity index (χ0n) is 17.8. The van der Waals surface area contributed by atoms with E-state index in [0.29, 0.717) is 25.8 Å². The van der Waals surface area contributed by atoms with Crippen molar-refractivity contribution in [2.24, 2.45) is 5.92 Å². The minimum absolute atomic E-state index is 0.0214. The number of rotatable bonds is 4. The number of carbonyl (C=O) groups is 3. The second-order valence-corrected chi connectivity index (χ2v) is 8.77. The Labute approximate surface area is 168 Å². The highest BCUT2D eigenvalue weighted by Crippen LogP contribution is 2.25. The zero-order chi connectivity index (χ0) is 20.9. The summed E-state index contributed by atoms with van der Waals surface area (Å²) in [5.41, 5.74) is -1.59. The van der Waals surface area contributed by atoms with Gasteiger partial charge in [0.05, 0.1) is 17.6 Å². The van der Waals surface area contributed by atoms with E-state index in [1.807, 2.05) is 46.8 Å². The van der Waals surface area contributed by atoms with Crippen LogP contribution in [0.4, 0.5) is 4.79 Å². The number of fused-ring (bicyclic) bond motifs is 2. The molecule has 2 aliphatic rings. The quantitative estimate of drug-likeness (QED) is 0.711. The van der Waals surface area contributed by atoms with Crippen molar-refractivity contribution < 1.29 is 19.1 Å². The molecule has 2 unspecified atom stereocenters. The number of hydrogen-bond acceptors (Lipinski definition) is 6. The summed E-state index contributed by atoms with van der Waals surface area (Å²) in [6.07, 6.45) is 5.11. The predicted octanol–water partition coefficient (Wildman–Crippen LogP) is 2.06. The van der Waals surface area contributed by atoms with E-state index in [0.717, 1.165) is 0 Å². The molecule has 158 valence electrons. The lowest BCUT2D eigenvalue weighted by Crippen LogP contribution is -2.61. The molecule has 7 heteroatoms. The van der Waals surface area contributed by atoms with Crippen molar-refractivity contribution in [1.82, 2.24) is 15.5 Å². The first kappa shape index (κ1) is 22.6. The Morgan fingerprint density at radius 1 is 1.21 bits per heavy atom. The van der Waals surface area contributed by atoms with Crippen molar-refractivity contribution in [3.05, 3.63) is 12.2 Å². The van der Waals surface area contributed by atoms with Crippen LogP contribution in [-0.2, 0) is 14.3 Å². The Kier molecular flexibility index (Phi) is 7.39. The highest BCUT2D eigenvalue weighted by molar-refractivity contribution is 5.94. The van der Waals surface area contributed by atoms with Gasteiger partial charge in [0.1, 0.15) is 6.61 Å². The zero-order valence-corrected chi connectivity index (χ0v) is 17.8. The number of carbonyl (C=O) groups excluding carboxylic acids is 3. The number of ether oxygens (including phenoxy) is 1. The molecule has 2 rings (SSSR count). The summed E-state index contributed by atoms with van der Waals surface area (Å²) in [5.74, 6) is -0.0424. The number of hydrogen-bond donors (Lipinski definition) is 2. The van der Waals surface area contributed by atoms with Crippen molar-refractivity contribution in [2.45, 2.75) is 71.0 Å². The number of nitrogens with one attached hydrogen (secondary N) is 2. The van der Waals surface area contributed by atoms with Gasteiger partial charge in [0.15, 0.2) is 11.6 Å². The predicted molar refractivity (Wildman–Crippen MR) is 108 cm³/mol. The summed E-state index contributed by atoms with van der Waals surface area (Å²) in [6.45, 7) is 10.6. The molecular formula is C21H35N3O4. The molecule has 1 fully saturated rings. The second-order valence-electron chi connectivity index (χ2n) is 8.77. The van der Waals surface area contributed by atoms with Crippen LogP contribution in [0.25, 0.3) is 0 Å². The van der Waals surface area contributed by atoms with Gasteiger partial charge in [-0.05, 0) is 40.0 Å². The maximum atomic E-state index is 13.3. The number of allylic oxidation sites excluding steroid dienone is 1. The lowest BCUT2D eigenvalue weighted by atomic mass is 9.84. The number of amides is 1. The van der Waals surface area contributed by atoms with Crippen LogP contribution in [0.2, 0.25) is 0 Å². The van der Waals surface area contributed by atoms with Gasteiger partial charge in [-0.3, -0.25) is 14.9 Å². The molecule has 0 aromatic rings. The molecule has 28 heavy (non-hydrogen) atoms. The largest absolute Gasteiger partial charge is 0.445 e. The lowest BCUT2D eigenvalue weighted by Gasteiger charge is -2.35. The maximum Gasteiger partial charge on any atom is 0.410 e. The van der Waals surface area contributed by atoms with Gasteiger partial charge in [0, 0.05) is 25.0 Å². The first-order valence-corrected chi connectivity index (χ1v) is 10.3. The van der Waals surface area contributed by atoms with Gasteiger partial charge in [0.2, 0.25) is 0 Å². The summed E-state index contributed by atoms with van der Waals surface area (Å²) in [6, 6.07) is 0.0883. The minimum Gasteiger partial charge on any atom is -0.445 e. The number of nitrogens with zero attached hydrogens (tertiary/aromatic N) is 1. The standard InChI is InChI=1S/C21H35N3O4/c1-15(2)18(26)20(5)9-7-6-8-12-28-19(27)24-11-10-21(14-24,23-16(3)4)17(25)13-22-20/h6,8,15-16,22-23H,7,9-14H2,1-5H3/b8-6+. The van der Waals surface area contributed by atoms with Crippen LogP contribution >= 0.6 is 0 Å². The van der Waals surface area contributed by atoms with Crippen molar-refractivity contribution in [2.75, 3.05) is 26.2 Å². The van der Waals surface area contributed by atoms with Gasteiger partial charge in [-0.15, -0.1) is 0 Å². The average Bonchev–Trinajstić information content (AvgIpc) is 3.05. The summed E-state index contributed by atoms with van der Waals surface area (Å²) in [4.78, 5) is 40.0. The van der Waals surface area contributed by atoms with E-state index in [2.05, 4.69) is 10.6 Å². The van der Waals surface area contributed by atoms with Gasteiger partial charge in [-0.2, -0.15) is 0 Å². The number of cyclic esters (lactones) is 1.